The van der Waals surface area contributed by atoms with Crippen LogP contribution in [0.4, 0.5) is 0 Å². The lowest BCUT2D eigenvalue weighted by Crippen LogP contribution is -2.22. The predicted octanol–water partition coefficient (Wildman–Crippen LogP) is 1.63. The summed E-state index contributed by atoms with van der Waals surface area (Å²) < 4.78 is 0. The lowest BCUT2D eigenvalue weighted by molar-refractivity contribution is -0.742. The number of hydrogen-bond acceptors (Lipinski definition) is 4. The summed E-state index contributed by atoms with van der Waals surface area (Å²) in [5.41, 5.74) is 0. The molecule has 0 spiro atoms. The van der Waals surface area contributed by atoms with E-state index in [4.69, 9.17) is 15.3 Å². The van der Waals surface area contributed by atoms with E-state index >= 15 is 0 Å². The van der Waals surface area contributed by atoms with Crippen LogP contribution in [0.2, 0.25) is 0 Å². The molecule has 0 radical (unpaired) electrons. The highest BCUT2D eigenvalue weighted by molar-refractivity contribution is 4.94. The van der Waals surface area contributed by atoms with E-state index in [9.17, 15) is 0 Å². The minimum absolute atomic E-state index is 0.976. The van der Waals surface area contributed by atoms with E-state index in [0.717, 1.165) is 13.2 Å². The molecule has 0 fully saturated rings. The average Bonchev–Trinajstić information content (AvgIpc) is 2.61. The van der Waals surface area contributed by atoms with Gasteiger partial charge in [0, 0.05) is 18.9 Å². The van der Waals surface area contributed by atoms with E-state index in [2.05, 4.69) is 35.7 Å². The van der Waals surface area contributed by atoms with Crippen LogP contribution in [0, 0.1) is 10.1 Å². The fraction of sp³-hybridized carbons (Fsp3) is 0.556. The first-order chi connectivity index (χ1) is 7.10. The SMILES string of the molecule is C=CN1C=CN(CCCC)C1.O=[N+]([O-])O. The molecule has 0 saturated heterocycles. The highest BCUT2D eigenvalue weighted by atomic mass is 16.9. The Bertz CT molecular complexity index is 227. The zero-order chi connectivity index (χ0) is 11.7. The number of rotatable bonds is 4. The quantitative estimate of drug-likeness (QED) is 0.570. The third kappa shape index (κ3) is 7.36. The molecule has 6 heteroatoms. The first-order valence-electron chi connectivity index (χ1n) is 4.74. The summed E-state index contributed by atoms with van der Waals surface area (Å²) in [6.07, 6.45) is 8.57. The molecule has 6 nitrogen and oxygen atoms in total. The molecule has 1 N–H and O–H groups in total. The van der Waals surface area contributed by atoms with Crippen molar-refractivity contribution >= 4 is 0 Å². The second-order valence-electron chi connectivity index (χ2n) is 3.04. The van der Waals surface area contributed by atoms with Gasteiger partial charge in [-0.2, -0.15) is 0 Å². The van der Waals surface area contributed by atoms with Crippen LogP contribution >= 0.6 is 0 Å². The Morgan fingerprint density at radius 2 is 2.27 bits per heavy atom. The predicted molar refractivity (Wildman–Crippen MR) is 56.4 cm³/mol. The summed E-state index contributed by atoms with van der Waals surface area (Å²) >= 11 is 0. The summed E-state index contributed by atoms with van der Waals surface area (Å²) in [7, 11) is 0. The maximum Gasteiger partial charge on any atom is 0.291 e. The lowest BCUT2D eigenvalue weighted by Gasteiger charge is -2.17. The third-order valence-electron chi connectivity index (χ3n) is 1.85. The van der Waals surface area contributed by atoms with Gasteiger partial charge in [0.15, 0.2) is 0 Å². The van der Waals surface area contributed by atoms with Crippen molar-refractivity contribution < 1.29 is 10.3 Å². The number of hydrogen-bond donors (Lipinski definition) is 1. The van der Waals surface area contributed by atoms with Crippen LogP contribution in [0.25, 0.3) is 0 Å². The minimum Gasteiger partial charge on any atom is -0.358 e. The Balaban J connectivity index is 0.000000423. The molecule has 0 unspecified atom stereocenters. The molecule has 0 bridgehead atoms. The lowest BCUT2D eigenvalue weighted by atomic mass is 10.3. The first-order valence-corrected chi connectivity index (χ1v) is 4.74. The van der Waals surface area contributed by atoms with Gasteiger partial charge in [-0.25, -0.2) is 0 Å². The summed E-state index contributed by atoms with van der Waals surface area (Å²) in [6, 6.07) is 0. The fourth-order valence-electron chi connectivity index (χ4n) is 1.11. The Morgan fingerprint density at radius 1 is 1.67 bits per heavy atom. The van der Waals surface area contributed by atoms with Crippen molar-refractivity contribution in [3.8, 4) is 0 Å². The molecule has 15 heavy (non-hydrogen) atoms. The molecule has 86 valence electrons. The third-order valence-corrected chi connectivity index (χ3v) is 1.85. The van der Waals surface area contributed by atoms with Gasteiger partial charge in [-0.05, 0) is 12.6 Å². The monoisotopic (exact) mass is 215 g/mol. The van der Waals surface area contributed by atoms with E-state index in [-0.39, 0.29) is 0 Å². The van der Waals surface area contributed by atoms with Crippen LogP contribution in [-0.2, 0) is 0 Å². The van der Waals surface area contributed by atoms with Crippen LogP contribution in [0.3, 0.4) is 0 Å². The first kappa shape index (κ1) is 13.3. The van der Waals surface area contributed by atoms with Crippen LogP contribution in [-0.4, -0.2) is 33.3 Å². The van der Waals surface area contributed by atoms with Gasteiger partial charge in [0.05, 0.1) is 6.67 Å². The summed E-state index contributed by atoms with van der Waals surface area (Å²) in [4.78, 5) is 12.7. The second kappa shape index (κ2) is 7.66. The molecule has 0 aliphatic carbocycles. The number of unbranched alkanes of at least 4 members (excludes halogenated alkanes) is 1. The van der Waals surface area contributed by atoms with Crippen molar-refractivity contribution in [3.63, 3.8) is 0 Å². The van der Waals surface area contributed by atoms with Crippen molar-refractivity contribution in [2.45, 2.75) is 19.8 Å². The topological polar surface area (TPSA) is 69.9 Å². The fourth-order valence-corrected chi connectivity index (χ4v) is 1.11. The standard InChI is InChI=1S/C9H16N2.HNO3/c1-3-5-6-11-8-7-10(4-2)9-11;2-1(3)4/h4,7-8H,2-3,5-6,9H2,1H3;(H,2,3,4). The maximum atomic E-state index is 8.36. The van der Waals surface area contributed by atoms with Gasteiger partial charge in [0.25, 0.3) is 5.09 Å². The summed E-state index contributed by atoms with van der Waals surface area (Å²) in [5, 5.41) is 13.6. The average molecular weight is 215 g/mol. The Labute approximate surface area is 89.2 Å². The summed E-state index contributed by atoms with van der Waals surface area (Å²) in [5.74, 6) is 0. The molecule has 1 aliphatic heterocycles. The smallest absolute Gasteiger partial charge is 0.291 e. The minimum atomic E-state index is -1.50. The normalized spacial score (nSPS) is 13.4. The van der Waals surface area contributed by atoms with Gasteiger partial charge in [0.2, 0.25) is 0 Å². The molecule has 0 aromatic rings. The van der Waals surface area contributed by atoms with Gasteiger partial charge in [0.1, 0.15) is 0 Å². The van der Waals surface area contributed by atoms with E-state index in [1.165, 1.54) is 12.8 Å². The summed E-state index contributed by atoms with van der Waals surface area (Å²) in [6.45, 7) is 8.06. The van der Waals surface area contributed by atoms with Gasteiger partial charge in [-0.15, -0.1) is 10.1 Å². The highest BCUT2D eigenvalue weighted by Crippen LogP contribution is 2.06. The molecule has 0 amide bonds. The molecule has 1 heterocycles. The molecule has 0 aromatic carbocycles. The van der Waals surface area contributed by atoms with Gasteiger partial charge < -0.3 is 15.0 Å². The molecule has 0 saturated carbocycles. The van der Waals surface area contributed by atoms with E-state index < -0.39 is 5.09 Å². The van der Waals surface area contributed by atoms with E-state index in [0.29, 0.717) is 0 Å². The second-order valence-corrected chi connectivity index (χ2v) is 3.04. The van der Waals surface area contributed by atoms with Gasteiger partial charge in [-0.1, -0.05) is 19.9 Å². The van der Waals surface area contributed by atoms with Crippen LogP contribution in [0.1, 0.15) is 19.8 Å². The largest absolute Gasteiger partial charge is 0.358 e. The van der Waals surface area contributed by atoms with Crippen molar-refractivity contribution in [2.24, 2.45) is 0 Å². The van der Waals surface area contributed by atoms with E-state index in [1.54, 1.807) is 0 Å². The van der Waals surface area contributed by atoms with Crippen LogP contribution in [0.5, 0.6) is 0 Å². The molecular formula is C9H17N3O3. The van der Waals surface area contributed by atoms with Gasteiger partial charge in [-0.3, -0.25) is 0 Å². The van der Waals surface area contributed by atoms with Crippen LogP contribution < -0.4 is 0 Å². The van der Waals surface area contributed by atoms with Crippen LogP contribution in [0.15, 0.2) is 25.2 Å². The van der Waals surface area contributed by atoms with Crippen molar-refractivity contribution in [1.82, 2.24) is 9.80 Å². The molecular weight excluding hydrogens is 198 g/mol. The zero-order valence-corrected chi connectivity index (χ0v) is 8.87. The zero-order valence-electron chi connectivity index (χ0n) is 8.87. The van der Waals surface area contributed by atoms with Crippen molar-refractivity contribution in [2.75, 3.05) is 13.2 Å². The van der Waals surface area contributed by atoms with E-state index in [1.807, 2.05) is 6.20 Å². The molecule has 0 atom stereocenters. The molecule has 0 aromatic heterocycles. The maximum absolute atomic E-state index is 8.36. The Morgan fingerprint density at radius 3 is 2.67 bits per heavy atom. The van der Waals surface area contributed by atoms with Crippen molar-refractivity contribution in [3.05, 3.63) is 35.3 Å². The molecule has 1 aliphatic rings. The highest BCUT2D eigenvalue weighted by Gasteiger charge is 2.07. The number of nitrogens with zero attached hydrogens (tertiary/aromatic N) is 3. The van der Waals surface area contributed by atoms with Crippen molar-refractivity contribution in [1.29, 1.82) is 0 Å². The van der Waals surface area contributed by atoms with Gasteiger partial charge >= 0.3 is 0 Å². The molecule has 1 rings (SSSR count). The Hall–Kier alpha value is -1.72. The Kier molecular flexibility index (Phi) is 6.78.